The van der Waals surface area contributed by atoms with Gasteiger partial charge in [0.2, 0.25) is 0 Å². The van der Waals surface area contributed by atoms with Crippen molar-refractivity contribution in [1.82, 2.24) is 14.9 Å². The lowest BCUT2D eigenvalue weighted by atomic mass is 10.1. The smallest absolute Gasteiger partial charge is 0.261 e. The normalized spacial score (nSPS) is 13.0. The van der Waals surface area contributed by atoms with Gasteiger partial charge in [0.05, 0.1) is 12.4 Å². The highest BCUT2D eigenvalue weighted by molar-refractivity contribution is 6.30. The first-order chi connectivity index (χ1) is 12.5. The zero-order valence-electron chi connectivity index (χ0n) is 14.6. The summed E-state index contributed by atoms with van der Waals surface area (Å²) < 4.78 is 7.58. The van der Waals surface area contributed by atoms with Crippen LogP contribution in [-0.4, -0.2) is 21.6 Å². The molecule has 0 aliphatic rings. The number of aromatic nitrogens is 2. The Morgan fingerprint density at radius 3 is 2.42 bits per heavy atom. The highest BCUT2D eigenvalue weighted by Gasteiger charge is 2.17. The van der Waals surface area contributed by atoms with Gasteiger partial charge >= 0.3 is 0 Å². The van der Waals surface area contributed by atoms with Crippen molar-refractivity contribution in [2.75, 3.05) is 0 Å². The largest absolute Gasteiger partial charge is 0.481 e. The van der Waals surface area contributed by atoms with Crippen molar-refractivity contribution < 1.29 is 9.53 Å². The highest BCUT2D eigenvalue weighted by atomic mass is 35.5. The summed E-state index contributed by atoms with van der Waals surface area (Å²) >= 11 is 5.85. The molecule has 2 atom stereocenters. The van der Waals surface area contributed by atoms with Gasteiger partial charge in [-0.15, -0.1) is 0 Å². The number of amides is 1. The molecule has 3 rings (SSSR count). The van der Waals surface area contributed by atoms with Crippen molar-refractivity contribution >= 4 is 17.5 Å². The van der Waals surface area contributed by atoms with Gasteiger partial charge in [0.15, 0.2) is 6.10 Å². The van der Waals surface area contributed by atoms with Crippen molar-refractivity contribution in [3.63, 3.8) is 0 Å². The second kappa shape index (κ2) is 8.06. The van der Waals surface area contributed by atoms with Gasteiger partial charge in [-0.25, -0.2) is 4.98 Å². The van der Waals surface area contributed by atoms with Crippen LogP contribution >= 0.6 is 11.6 Å². The lowest BCUT2D eigenvalue weighted by Crippen LogP contribution is -2.37. The summed E-state index contributed by atoms with van der Waals surface area (Å²) in [6.45, 7) is 3.66. The number of carbonyl (C=O) groups is 1. The summed E-state index contributed by atoms with van der Waals surface area (Å²) in [6.07, 6.45) is 4.76. The molecule has 1 heterocycles. The van der Waals surface area contributed by atoms with Crippen LogP contribution in [0.5, 0.6) is 5.75 Å². The Morgan fingerprint density at radius 2 is 1.81 bits per heavy atom. The number of carbonyl (C=O) groups excluding carboxylic acids is 1. The van der Waals surface area contributed by atoms with E-state index in [2.05, 4.69) is 10.3 Å². The van der Waals surface area contributed by atoms with E-state index in [4.69, 9.17) is 16.3 Å². The maximum Gasteiger partial charge on any atom is 0.261 e. The van der Waals surface area contributed by atoms with Crippen LogP contribution in [0.25, 0.3) is 5.69 Å². The minimum Gasteiger partial charge on any atom is -0.481 e. The van der Waals surface area contributed by atoms with Gasteiger partial charge in [0, 0.05) is 23.1 Å². The summed E-state index contributed by atoms with van der Waals surface area (Å²) in [5, 5.41) is 3.60. The molecule has 5 nitrogen and oxygen atoms in total. The number of ether oxygens (including phenoxy) is 1. The molecule has 2 aromatic carbocycles. The van der Waals surface area contributed by atoms with Crippen molar-refractivity contribution in [3.8, 4) is 11.4 Å². The van der Waals surface area contributed by atoms with Crippen LogP contribution in [0.2, 0.25) is 5.02 Å². The van der Waals surface area contributed by atoms with Crippen molar-refractivity contribution in [3.05, 3.63) is 77.8 Å². The topological polar surface area (TPSA) is 56.1 Å². The molecule has 3 aromatic rings. The Morgan fingerprint density at radius 1 is 1.12 bits per heavy atom. The van der Waals surface area contributed by atoms with E-state index in [1.54, 1.807) is 43.7 Å². The number of nitrogens with one attached hydrogen (secondary N) is 1. The van der Waals surface area contributed by atoms with E-state index >= 15 is 0 Å². The second-order valence-corrected chi connectivity index (χ2v) is 6.44. The molecule has 0 spiro atoms. The fraction of sp³-hybridized carbons (Fsp3) is 0.200. The van der Waals surface area contributed by atoms with E-state index in [-0.39, 0.29) is 11.9 Å². The molecular weight excluding hydrogens is 350 g/mol. The molecule has 0 fully saturated rings. The first kappa shape index (κ1) is 18.0. The lowest BCUT2D eigenvalue weighted by Gasteiger charge is -2.19. The molecule has 0 aliphatic heterocycles. The van der Waals surface area contributed by atoms with E-state index in [0.29, 0.717) is 10.8 Å². The molecule has 0 bridgehead atoms. The fourth-order valence-electron chi connectivity index (χ4n) is 2.53. The van der Waals surface area contributed by atoms with Gasteiger partial charge in [0.25, 0.3) is 5.91 Å². The molecule has 0 unspecified atom stereocenters. The van der Waals surface area contributed by atoms with Crippen LogP contribution in [0.4, 0.5) is 0 Å². The van der Waals surface area contributed by atoms with E-state index in [1.807, 2.05) is 42.0 Å². The van der Waals surface area contributed by atoms with Crippen molar-refractivity contribution in [2.24, 2.45) is 0 Å². The van der Waals surface area contributed by atoms with Crippen molar-refractivity contribution in [2.45, 2.75) is 26.0 Å². The van der Waals surface area contributed by atoms with Crippen LogP contribution in [-0.2, 0) is 4.79 Å². The number of hydrogen-bond donors (Lipinski definition) is 1. The number of nitrogens with zero attached hydrogens (tertiary/aromatic N) is 2. The SMILES string of the molecule is C[C@H](Oc1ccc(Cl)cc1)C(=O)N[C@@H](C)c1ccc(-n2ccnc2)cc1. The minimum atomic E-state index is -0.608. The van der Waals surface area contributed by atoms with E-state index in [9.17, 15) is 4.79 Å². The molecule has 0 radical (unpaired) electrons. The zero-order valence-corrected chi connectivity index (χ0v) is 15.4. The Kier molecular flexibility index (Phi) is 5.58. The lowest BCUT2D eigenvalue weighted by molar-refractivity contribution is -0.127. The molecule has 0 saturated heterocycles. The first-order valence-electron chi connectivity index (χ1n) is 8.34. The predicted molar refractivity (Wildman–Crippen MR) is 102 cm³/mol. The summed E-state index contributed by atoms with van der Waals surface area (Å²) in [6, 6.07) is 14.8. The molecule has 26 heavy (non-hydrogen) atoms. The summed E-state index contributed by atoms with van der Waals surface area (Å²) in [5.74, 6) is 0.431. The average molecular weight is 370 g/mol. The molecule has 1 N–H and O–H groups in total. The molecular formula is C20H20ClN3O2. The summed E-state index contributed by atoms with van der Waals surface area (Å²) in [5.41, 5.74) is 2.03. The first-order valence-corrected chi connectivity index (χ1v) is 8.71. The minimum absolute atomic E-state index is 0.129. The Balaban J connectivity index is 1.58. The fourth-order valence-corrected chi connectivity index (χ4v) is 2.66. The van der Waals surface area contributed by atoms with Gasteiger partial charge in [0.1, 0.15) is 5.75 Å². The summed E-state index contributed by atoms with van der Waals surface area (Å²) in [4.78, 5) is 16.4. The van der Waals surface area contributed by atoms with Crippen LogP contribution in [0.15, 0.2) is 67.3 Å². The highest BCUT2D eigenvalue weighted by Crippen LogP contribution is 2.18. The second-order valence-electron chi connectivity index (χ2n) is 6.01. The number of rotatable bonds is 6. The van der Waals surface area contributed by atoms with Crippen LogP contribution in [0, 0.1) is 0 Å². The van der Waals surface area contributed by atoms with Gasteiger partial charge in [-0.3, -0.25) is 4.79 Å². The van der Waals surface area contributed by atoms with Crippen LogP contribution in [0.3, 0.4) is 0 Å². The molecule has 0 saturated carbocycles. The molecule has 1 aromatic heterocycles. The van der Waals surface area contributed by atoms with E-state index < -0.39 is 6.10 Å². The molecule has 1 amide bonds. The Bertz CT molecular complexity index is 846. The van der Waals surface area contributed by atoms with Gasteiger partial charge < -0.3 is 14.6 Å². The zero-order chi connectivity index (χ0) is 18.5. The summed E-state index contributed by atoms with van der Waals surface area (Å²) in [7, 11) is 0. The van der Waals surface area contributed by atoms with Crippen LogP contribution in [0.1, 0.15) is 25.5 Å². The third-order valence-corrected chi connectivity index (χ3v) is 4.30. The standard InChI is InChI=1S/C20H20ClN3O2/c1-14(16-3-7-18(8-4-16)24-12-11-22-13-24)23-20(25)15(2)26-19-9-5-17(21)6-10-19/h3-15H,1-2H3,(H,23,25)/t14-,15-/m0/s1. The molecule has 0 aliphatic carbocycles. The maximum absolute atomic E-state index is 12.4. The van der Waals surface area contributed by atoms with E-state index in [0.717, 1.165) is 11.3 Å². The number of halogens is 1. The Labute approximate surface area is 157 Å². The average Bonchev–Trinajstić information content (AvgIpc) is 3.18. The number of benzene rings is 2. The van der Waals surface area contributed by atoms with Gasteiger partial charge in [-0.2, -0.15) is 0 Å². The molecule has 134 valence electrons. The molecule has 6 heteroatoms. The number of hydrogen-bond acceptors (Lipinski definition) is 3. The van der Waals surface area contributed by atoms with Crippen LogP contribution < -0.4 is 10.1 Å². The van der Waals surface area contributed by atoms with Gasteiger partial charge in [-0.1, -0.05) is 23.7 Å². The van der Waals surface area contributed by atoms with E-state index in [1.165, 1.54) is 0 Å². The third kappa shape index (κ3) is 4.43. The third-order valence-electron chi connectivity index (χ3n) is 4.05. The van der Waals surface area contributed by atoms with Gasteiger partial charge in [-0.05, 0) is 55.8 Å². The predicted octanol–water partition coefficient (Wildman–Crippen LogP) is 4.17. The quantitative estimate of drug-likeness (QED) is 0.709. The maximum atomic E-state index is 12.4. The Hall–Kier alpha value is -2.79. The monoisotopic (exact) mass is 369 g/mol. The number of imidazole rings is 1. The van der Waals surface area contributed by atoms with Crippen molar-refractivity contribution in [1.29, 1.82) is 0 Å².